The van der Waals surface area contributed by atoms with Crippen molar-refractivity contribution in [2.24, 2.45) is 0 Å². The first-order chi connectivity index (χ1) is 11.0. The number of anilines is 1. The summed E-state index contributed by atoms with van der Waals surface area (Å²) in [5.74, 6) is -6.40. The molecule has 0 spiro atoms. The second-order valence-corrected chi connectivity index (χ2v) is 5.97. The summed E-state index contributed by atoms with van der Waals surface area (Å²) in [4.78, 5) is -0.966. The zero-order chi connectivity index (χ0) is 18.1. The van der Waals surface area contributed by atoms with Crippen LogP contribution in [0.15, 0.2) is 41.3 Å². The molecule has 0 aliphatic heterocycles. The standard InChI is InChI=1S/C13H7F6NO3S/c14-7-5-6-8(12(16)11(7)15)20-24(21,22)10-4-2-1-3-9(10)23-13(17,18)19/h1-6,20H. The number of alkyl halides is 3. The molecule has 11 heteroatoms. The van der Waals surface area contributed by atoms with Crippen LogP contribution in [0.4, 0.5) is 32.0 Å². The van der Waals surface area contributed by atoms with Crippen molar-refractivity contribution in [3.05, 3.63) is 53.8 Å². The van der Waals surface area contributed by atoms with Gasteiger partial charge >= 0.3 is 6.36 Å². The van der Waals surface area contributed by atoms with E-state index in [1.54, 1.807) is 4.72 Å². The molecule has 0 radical (unpaired) electrons. The third kappa shape index (κ3) is 3.91. The molecule has 0 saturated heterocycles. The Morgan fingerprint density at radius 1 is 0.917 bits per heavy atom. The number of benzene rings is 2. The Morgan fingerprint density at radius 3 is 2.17 bits per heavy atom. The molecule has 0 aromatic heterocycles. The van der Waals surface area contributed by atoms with Crippen LogP contribution in [0.2, 0.25) is 0 Å². The SMILES string of the molecule is O=S(=O)(Nc1ccc(F)c(F)c1F)c1ccccc1OC(F)(F)F. The lowest BCUT2D eigenvalue weighted by Crippen LogP contribution is -2.21. The minimum atomic E-state index is -5.17. The van der Waals surface area contributed by atoms with Crippen molar-refractivity contribution in [3.63, 3.8) is 0 Å². The predicted molar refractivity (Wildman–Crippen MR) is 70.2 cm³/mol. The summed E-state index contributed by atoms with van der Waals surface area (Å²) in [7, 11) is -4.77. The van der Waals surface area contributed by atoms with Crippen LogP contribution in [0.1, 0.15) is 0 Å². The molecule has 2 aromatic carbocycles. The maximum atomic E-state index is 13.5. The number of nitrogens with one attached hydrogen (secondary N) is 1. The van der Waals surface area contributed by atoms with Crippen LogP contribution in [0.5, 0.6) is 5.75 Å². The average molecular weight is 371 g/mol. The van der Waals surface area contributed by atoms with Gasteiger partial charge in [0.1, 0.15) is 10.6 Å². The molecule has 0 aliphatic rings. The highest BCUT2D eigenvalue weighted by Gasteiger charge is 2.34. The number of halogens is 6. The Morgan fingerprint density at radius 2 is 1.54 bits per heavy atom. The molecule has 130 valence electrons. The number of para-hydroxylation sites is 1. The van der Waals surface area contributed by atoms with Crippen LogP contribution in [0.3, 0.4) is 0 Å². The van der Waals surface area contributed by atoms with Crippen LogP contribution >= 0.6 is 0 Å². The van der Waals surface area contributed by atoms with Gasteiger partial charge in [-0.2, -0.15) is 0 Å². The number of hydrogen-bond donors (Lipinski definition) is 1. The molecule has 1 N–H and O–H groups in total. The average Bonchev–Trinajstić information content (AvgIpc) is 2.47. The summed E-state index contributed by atoms with van der Waals surface area (Å²) < 4.78 is 106. The van der Waals surface area contributed by atoms with Crippen molar-refractivity contribution in [1.82, 2.24) is 0 Å². The fourth-order valence-electron chi connectivity index (χ4n) is 1.69. The van der Waals surface area contributed by atoms with Gasteiger partial charge in [0.15, 0.2) is 17.5 Å². The number of ether oxygens (including phenoxy) is 1. The summed E-state index contributed by atoms with van der Waals surface area (Å²) in [6, 6.07) is 4.70. The smallest absolute Gasteiger partial charge is 0.404 e. The lowest BCUT2D eigenvalue weighted by atomic mass is 10.3. The molecule has 0 amide bonds. The van der Waals surface area contributed by atoms with Crippen LogP contribution in [-0.4, -0.2) is 14.8 Å². The van der Waals surface area contributed by atoms with Crippen molar-refractivity contribution >= 4 is 15.7 Å². The second kappa shape index (κ2) is 6.23. The summed E-state index contributed by atoms with van der Waals surface area (Å²) in [6.45, 7) is 0. The Hall–Kier alpha value is -2.43. The third-order valence-corrected chi connectivity index (χ3v) is 4.05. The van der Waals surface area contributed by atoms with Crippen molar-refractivity contribution in [1.29, 1.82) is 0 Å². The van der Waals surface area contributed by atoms with E-state index in [4.69, 9.17) is 0 Å². The lowest BCUT2D eigenvalue weighted by Gasteiger charge is -2.14. The molecular weight excluding hydrogens is 364 g/mol. The quantitative estimate of drug-likeness (QED) is 0.657. The molecule has 0 heterocycles. The van der Waals surface area contributed by atoms with Gasteiger partial charge in [-0.3, -0.25) is 4.72 Å². The van der Waals surface area contributed by atoms with E-state index in [0.717, 1.165) is 24.3 Å². The highest BCUT2D eigenvalue weighted by atomic mass is 32.2. The van der Waals surface area contributed by atoms with Gasteiger partial charge in [0.05, 0.1) is 5.69 Å². The van der Waals surface area contributed by atoms with Crippen molar-refractivity contribution in [2.75, 3.05) is 4.72 Å². The van der Waals surface area contributed by atoms with Gasteiger partial charge in [-0.1, -0.05) is 12.1 Å². The van der Waals surface area contributed by atoms with Crippen LogP contribution in [0, 0.1) is 17.5 Å². The van der Waals surface area contributed by atoms with Gasteiger partial charge in [-0.15, -0.1) is 13.2 Å². The van der Waals surface area contributed by atoms with Crippen LogP contribution in [0.25, 0.3) is 0 Å². The molecule has 0 atom stereocenters. The molecular formula is C13H7F6NO3S. The largest absolute Gasteiger partial charge is 0.573 e. The predicted octanol–water partition coefficient (Wildman–Crippen LogP) is 3.80. The van der Waals surface area contributed by atoms with E-state index in [1.807, 2.05) is 0 Å². The first-order valence-electron chi connectivity index (χ1n) is 6.02. The van der Waals surface area contributed by atoms with Gasteiger partial charge in [0.25, 0.3) is 10.0 Å². The molecule has 24 heavy (non-hydrogen) atoms. The monoisotopic (exact) mass is 371 g/mol. The molecule has 2 rings (SSSR count). The van der Waals surface area contributed by atoms with E-state index in [1.165, 1.54) is 0 Å². The molecule has 4 nitrogen and oxygen atoms in total. The van der Waals surface area contributed by atoms with Gasteiger partial charge in [0, 0.05) is 0 Å². The molecule has 0 unspecified atom stereocenters. The fraction of sp³-hybridized carbons (Fsp3) is 0.0769. The van der Waals surface area contributed by atoms with Crippen LogP contribution in [-0.2, 0) is 10.0 Å². The topological polar surface area (TPSA) is 55.4 Å². The van der Waals surface area contributed by atoms with E-state index < -0.39 is 50.2 Å². The van der Waals surface area contributed by atoms with Crippen LogP contribution < -0.4 is 9.46 Å². The zero-order valence-electron chi connectivity index (χ0n) is 11.4. The van der Waals surface area contributed by atoms with E-state index in [-0.39, 0.29) is 0 Å². The van der Waals surface area contributed by atoms with Crippen molar-refractivity contribution in [3.8, 4) is 5.75 Å². The zero-order valence-corrected chi connectivity index (χ0v) is 12.2. The third-order valence-electron chi connectivity index (χ3n) is 2.64. The van der Waals surface area contributed by atoms with E-state index in [0.29, 0.717) is 12.1 Å². The summed E-state index contributed by atoms with van der Waals surface area (Å²) >= 11 is 0. The van der Waals surface area contributed by atoms with E-state index >= 15 is 0 Å². The van der Waals surface area contributed by atoms with E-state index in [9.17, 15) is 34.8 Å². The van der Waals surface area contributed by atoms with Crippen molar-refractivity contribution in [2.45, 2.75) is 11.3 Å². The molecule has 0 fully saturated rings. The fourth-order valence-corrected chi connectivity index (χ4v) is 2.88. The minimum Gasteiger partial charge on any atom is -0.404 e. The Labute approximate surface area is 131 Å². The number of rotatable bonds is 4. The van der Waals surface area contributed by atoms with Crippen molar-refractivity contribution < 1.29 is 39.5 Å². The lowest BCUT2D eigenvalue weighted by molar-refractivity contribution is -0.275. The highest BCUT2D eigenvalue weighted by molar-refractivity contribution is 7.92. The second-order valence-electron chi connectivity index (χ2n) is 4.32. The van der Waals surface area contributed by atoms with E-state index in [2.05, 4.69) is 4.74 Å². The molecule has 0 saturated carbocycles. The van der Waals surface area contributed by atoms with Gasteiger partial charge in [-0.05, 0) is 24.3 Å². The Kier molecular flexibility index (Phi) is 4.65. The normalized spacial score (nSPS) is 12.1. The first kappa shape index (κ1) is 17.9. The summed E-state index contributed by atoms with van der Waals surface area (Å²) in [6.07, 6.45) is -5.17. The highest BCUT2D eigenvalue weighted by Crippen LogP contribution is 2.31. The maximum absolute atomic E-state index is 13.5. The number of hydrogen-bond acceptors (Lipinski definition) is 3. The maximum Gasteiger partial charge on any atom is 0.573 e. The number of sulfonamides is 1. The first-order valence-corrected chi connectivity index (χ1v) is 7.50. The summed E-state index contributed by atoms with van der Waals surface area (Å²) in [5, 5.41) is 0. The minimum absolute atomic E-state index is 0.453. The molecule has 0 bridgehead atoms. The summed E-state index contributed by atoms with van der Waals surface area (Å²) in [5.41, 5.74) is -0.976. The van der Waals surface area contributed by atoms with Gasteiger partial charge in [0.2, 0.25) is 0 Å². The Bertz CT molecular complexity index is 866. The molecule has 2 aromatic rings. The molecule has 0 aliphatic carbocycles. The van der Waals surface area contributed by atoms with Gasteiger partial charge in [-0.25, -0.2) is 21.6 Å². The van der Waals surface area contributed by atoms with Gasteiger partial charge < -0.3 is 4.74 Å². The Balaban J connectivity index is 2.44.